The Bertz CT molecular complexity index is 741. The average molecular weight is 341 g/mol. The zero-order valence-electron chi connectivity index (χ0n) is 13.5. The lowest BCUT2D eigenvalue weighted by atomic mass is 10.1. The topological polar surface area (TPSA) is 47.6 Å². The monoisotopic (exact) mass is 341 g/mol. The van der Waals surface area contributed by atoms with E-state index in [0.717, 1.165) is 28.5 Å². The predicted octanol–water partition coefficient (Wildman–Crippen LogP) is 4.43. The van der Waals surface area contributed by atoms with Crippen molar-refractivity contribution >= 4 is 29.5 Å². The van der Waals surface area contributed by atoms with E-state index in [4.69, 9.17) is 9.47 Å². The second-order valence-electron chi connectivity index (χ2n) is 5.21. The van der Waals surface area contributed by atoms with Crippen molar-refractivity contribution in [3.8, 4) is 11.5 Å². The highest BCUT2D eigenvalue weighted by Gasteiger charge is 2.11. The highest BCUT2D eigenvalue weighted by molar-refractivity contribution is 8.00. The Hall–Kier alpha value is -2.40. The Labute approximate surface area is 146 Å². The Morgan fingerprint density at radius 1 is 1.12 bits per heavy atom. The Morgan fingerprint density at radius 2 is 1.88 bits per heavy atom. The van der Waals surface area contributed by atoms with E-state index in [1.165, 1.54) is 0 Å². The minimum Gasteiger partial charge on any atom is -0.486 e. The standard InChI is InChI=1S/C19H19NO3S/c1-2-24-20-16-7-5-15(6-8-16)17(21)9-3-14-4-10-18-19(13-14)23-12-11-22-18/h3-10,13,20H,2,11-12H2,1H3/b9-3+. The van der Waals surface area contributed by atoms with Crippen molar-refractivity contribution in [3.63, 3.8) is 0 Å². The van der Waals surface area contributed by atoms with Crippen LogP contribution in [0.25, 0.3) is 6.08 Å². The fourth-order valence-electron chi connectivity index (χ4n) is 2.29. The van der Waals surface area contributed by atoms with Crippen LogP contribution in [0.3, 0.4) is 0 Å². The lowest BCUT2D eigenvalue weighted by Gasteiger charge is -2.18. The van der Waals surface area contributed by atoms with Crippen LogP contribution in [-0.2, 0) is 0 Å². The fourth-order valence-corrected chi connectivity index (χ4v) is 2.74. The number of fused-ring (bicyclic) bond motifs is 1. The lowest BCUT2D eigenvalue weighted by molar-refractivity contribution is 0.104. The number of ether oxygens (including phenoxy) is 2. The first-order valence-electron chi connectivity index (χ1n) is 7.86. The zero-order valence-corrected chi connectivity index (χ0v) is 14.3. The summed E-state index contributed by atoms with van der Waals surface area (Å²) in [5, 5.41) is 0. The third kappa shape index (κ3) is 4.11. The molecule has 0 aliphatic carbocycles. The molecule has 2 aromatic rings. The molecule has 1 aliphatic rings. The van der Waals surface area contributed by atoms with Gasteiger partial charge in [0.25, 0.3) is 0 Å². The van der Waals surface area contributed by atoms with E-state index in [-0.39, 0.29) is 5.78 Å². The van der Waals surface area contributed by atoms with Gasteiger partial charge in [0, 0.05) is 17.0 Å². The van der Waals surface area contributed by atoms with E-state index in [1.54, 1.807) is 24.1 Å². The summed E-state index contributed by atoms with van der Waals surface area (Å²) >= 11 is 1.62. The maximum atomic E-state index is 12.3. The molecule has 0 radical (unpaired) electrons. The summed E-state index contributed by atoms with van der Waals surface area (Å²) in [5.41, 5.74) is 2.57. The molecule has 0 amide bonds. The number of anilines is 1. The fraction of sp³-hybridized carbons (Fsp3) is 0.211. The van der Waals surface area contributed by atoms with Gasteiger partial charge in [-0.05, 0) is 48.0 Å². The molecule has 2 aromatic carbocycles. The van der Waals surface area contributed by atoms with Crippen molar-refractivity contribution in [2.24, 2.45) is 0 Å². The Morgan fingerprint density at radius 3 is 2.62 bits per heavy atom. The van der Waals surface area contributed by atoms with Crippen molar-refractivity contribution in [3.05, 3.63) is 59.7 Å². The number of hydrogen-bond donors (Lipinski definition) is 1. The van der Waals surface area contributed by atoms with Gasteiger partial charge in [0.15, 0.2) is 17.3 Å². The van der Waals surface area contributed by atoms with Gasteiger partial charge in [-0.3, -0.25) is 4.79 Å². The molecule has 0 fully saturated rings. The summed E-state index contributed by atoms with van der Waals surface area (Å²) in [6, 6.07) is 13.1. The Balaban J connectivity index is 1.66. The Kier molecular flexibility index (Phi) is 5.43. The molecule has 124 valence electrons. The van der Waals surface area contributed by atoms with Crippen LogP contribution in [0.5, 0.6) is 11.5 Å². The molecular weight excluding hydrogens is 322 g/mol. The number of carbonyl (C=O) groups excluding carboxylic acids is 1. The van der Waals surface area contributed by atoms with Crippen LogP contribution < -0.4 is 14.2 Å². The predicted molar refractivity (Wildman–Crippen MR) is 99.0 cm³/mol. The molecule has 0 aromatic heterocycles. The molecule has 1 N–H and O–H groups in total. The van der Waals surface area contributed by atoms with E-state index >= 15 is 0 Å². The molecule has 0 spiro atoms. The van der Waals surface area contributed by atoms with Crippen LogP contribution in [0.15, 0.2) is 48.5 Å². The van der Waals surface area contributed by atoms with Gasteiger partial charge in [-0.25, -0.2) is 0 Å². The quantitative estimate of drug-likeness (QED) is 0.478. The van der Waals surface area contributed by atoms with Crippen molar-refractivity contribution in [2.75, 3.05) is 23.7 Å². The first-order valence-corrected chi connectivity index (χ1v) is 8.85. The number of carbonyl (C=O) groups is 1. The number of benzene rings is 2. The highest BCUT2D eigenvalue weighted by Crippen LogP contribution is 2.31. The number of hydrogen-bond acceptors (Lipinski definition) is 5. The summed E-state index contributed by atoms with van der Waals surface area (Å²) in [6.07, 6.45) is 3.37. The van der Waals surface area contributed by atoms with Crippen LogP contribution in [0, 0.1) is 0 Å². The normalized spacial score (nSPS) is 13.0. The number of ketones is 1. The maximum absolute atomic E-state index is 12.3. The van der Waals surface area contributed by atoms with Gasteiger partial charge >= 0.3 is 0 Å². The van der Waals surface area contributed by atoms with Gasteiger partial charge in [-0.15, -0.1) is 0 Å². The average Bonchev–Trinajstić information content (AvgIpc) is 2.64. The SMILES string of the molecule is CCSNc1ccc(C(=O)/C=C/c2ccc3c(c2)OCCO3)cc1. The molecule has 0 saturated heterocycles. The van der Waals surface area contributed by atoms with Crippen LogP contribution in [0.4, 0.5) is 5.69 Å². The second kappa shape index (κ2) is 7.93. The first-order chi connectivity index (χ1) is 11.8. The van der Waals surface area contributed by atoms with Crippen molar-refractivity contribution < 1.29 is 14.3 Å². The molecule has 0 bridgehead atoms. The third-order valence-electron chi connectivity index (χ3n) is 3.50. The minimum absolute atomic E-state index is 0.0282. The molecule has 0 saturated carbocycles. The van der Waals surface area contributed by atoms with E-state index in [0.29, 0.717) is 18.8 Å². The van der Waals surface area contributed by atoms with Crippen molar-refractivity contribution in [1.29, 1.82) is 0 Å². The van der Waals surface area contributed by atoms with Gasteiger partial charge in [0.1, 0.15) is 13.2 Å². The van der Waals surface area contributed by atoms with Gasteiger partial charge in [-0.1, -0.05) is 31.0 Å². The van der Waals surface area contributed by atoms with Gasteiger partial charge in [0.2, 0.25) is 0 Å². The summed E-state index contributed by atoms with van der Waals surface area (Å²) in [4.78, 5) is 12.3. The molecule has 1 heterocycles. The first kappa shape index (κ1) is 16.5. The molecule has 0 atom stereocenters. The number of allylic oxidation sites excluding steroid dienone is 1. The summed E-state index contributed by atoms with van der Waals surface area (Å²) in [6.45, 7) is 3.20. The van der Waals surface area contributed by atoms with Gasteiger partial charge in [0.05, 0.1) is 0 Å². The summed E-state index contributed by atoms with van der Waals surface area (Å²) in [7, 11) is 0. The zero-order chi connectivity index (χ0) is 16.8. The molecular formula is C19H19NO3S. The molecule has 5 heteroatoms. The lowest BCUT2D eigenvalue weighted by Crippen LogP contribution is -2.15. The second-order valence-corrected chi connectivity index (χ2v) is 6.28. The van der Waals surface area contributed by atoms with Crippen molar-refractivity contribution in [1.82, 2.24) is 0 Å². The molecule has 4 nitrogen and oxygen atoms in total. The van der Waals surface area contributed by atoms with Gasteiger partial charge < -0.3 is 14.2 Å². The van der Waals surface area contributed by atoms with Gasteiger partial charge in [-0.2, -0.15) is 0 Å². The van der Waals surface area contributed by atoms with E-state index in [2.05, 4.69) is 11.6 Å². The van der Waals surface area contributed by atoms with E-state index < -0.39 is 0 Å². The molecule has 3 rings (SSSR count). The molecule has 1 aliphatic heterocycles. The van der Waals surface area contributed by atoms with E-state index in [9.17, 15) is 4.79 Å². The van der Waals surface area contributed by atoms with Crippen LogP contribution in [-0.4, -0.2) is 24.7 Å². The van der Waals surface area contributed by atoms with Crippen LogP contribution in [0.1, 0.15) is 22.8 Å². The van der Waals surface area contributed by atoms with E-state index in [1.807, 2.05) is 42.5 Å². The summed E-state index contributed by atoms with van der Waals surface area (Å²) in [5.74, 6) is 2.43. The smallest absolute Gasteiger partial charge is 0.185 e. The minimum atomic E-state index is -0.0282. The van der Waals surface area contributed by atoms with Crippen molar-refractivity contribution in [2.45, 2.75) is 6.92 Å². The third-order valence-corrected chi connectivity index (χ3v) is 4.17. The largest absolute Gasteiger partial charge is 0.486 e. The summed E-state index contributed by atoms with van der Waals surface area (Å²) < 4.78 is 14.2. The highest BCUT2D eigenvalue weighted by atomic mass is 32.2. The van der Waals surface area contributed by atoms with Crippen LogP contribution >= 0.6 is 11.9 Å². The van der Waals surface area contributed by atoms with Crippen LogP contribution in [0.2, 0.25) is 0 Å². The number of rotatable bonds is 6. The maximum Gasteiger partial charge on any atom is 0.185 e. The molecule has 24 heavy (non-hydrogen) atoms. The molecule has 0 unspecified atom stereocenters. The number of nitrogens with one attached hydrogen (secondary N) is 1.